The zero-order valence-electron chi connectivity index (χ0n) is 6.04. The van der Waals surface area contributed by atoms with Crippen molar-refractivity contribution < 1.29 is 4.79 Å². The monoisotopic (exact) mass is 176 g/mol. The highest BCUT2D eigenvalue weighted by atomic mass is 32.1. The molecule has 0 atom stereocenters. The first-order chi connectivity index (χ1) is 5.00. The molecule has 0 saturated carbocycles. The number of hydrogen-bond acceptors (Lipinski definition) is 2. The predicted octanol–water partition coefficient (Wildman–Crippen LogP) is -0.971. The van der Waals surface area contributed by atoms with E-state index in [4.69, 9.17) is 10.5 Å². The van der Waals surface area contributed by atoms with Crippen molar-refractivity contribution in [3.8, 4) is 0 Å². The molecule has 0 bridgehead atoms. The van der Waals surface area contributed by atoms with Gasteiger partial charge in [-0.2, -0.15) is 0 Å². The smallest absolute Gasteiger partial charge is 0.309 e. The van der Waals surface area contributed by atoms with E-state index in [0.717, 1.165) is 0 Å². The third-order valence-electron chi connectivity index (χ3n) is 0.421. The standard InChI is InChI=1S/C4H8N2S.CH4N2O/c1-2-3-6-4(5)7;2-1(3)4/h2H,1,3H2,(H3,5,6,7);(H4,2,3,4). The summed E-state index contributed by atoms with van der Waals surface area (Å²) in [4.78, 5) is 9.00. The minimum Gasteiger partial charge on any atom is -0.376 e. The van der Waals surface area contributed by atoms with E-state index in [1.165, 1.54) is 0 Å². The van der Waals surface area contributed by atoms with Gasteiger partial charge in [0.15, 0.2) is 5.11 Å². The number of rotatable bonds is 2. The summed E-state index contributed by atoms with van der Waals surface area (Å²) in [7, 11) is 0. The number of nitrogens with two attached hydrogens (primary N) is 3. The number of nitrogens with one attached hydrogen (secondary N) is 1. The van der Waals surface area contributed by atoms with E-state index in [-0.39, 0.29) is 0 Å². The molecule has 0 aliphatic carbocycles. The van der Waals surface area contributed by atoms with Crippen molar-refractivity contribution in [1.82, 2.24) is 5.32 Å². The van der Waals surface area contributed by atoms with E-state index in [9.17, 15) is 0 Å². The van der Waals surface area contributed by atoms with Crippen molar-refractivity contribution >= 4 is 23.4 Å². The molecule has 0 aromatic rings. The zero-order chi connectivity index (χ0) is 9.28. The van der Waals surface area contributed by atoms with Gasteiger partial charge in [0.2, 0.25) is 0 Å². The van der Waals surface area contributed by atoms with Gasteiger partial charge in [0.25, 0.3) is 0 Å². The summed E-state index contributed by atoms with van der Waals surface area (Å²) in [6, 6.07) is -0.833. The number of primary amides is 2. The molecule has 64 valence electrons. The van der Waals surface area contributed by atoms with Crippen molar-refractivity contribution in [1.29, 1.82) is 0 Å². The van der Waals surface area contributed by atoms with Crippen LogP contribution in [-0.2, 0) is 0 Å². The van der Waals surface area contributed by atoms with Crippen molar-refractivity contribution in [3.63, 3.8) is 0 Å². The van der Waals surface area contributed by atoms with Crippen LogP contribution in [0.25, 0.3) is 0 Å². The number of urea groups is 1. The van der Waals surface area contributed by atoms with Gasteiger partial charge < -0.3 is 22.5 Å². The van der Waals surface area contributed by atoms with E-state index in [1.807, 2.05) is 0 Å². The summed E-state index contributed by atoms with van der Waals surface area (Å²) in [5, 5.41) is 3.01. The Hall–Kier alpha value is -1.30. The van der Waals surface area contributed by atoms with E-state index in [0.29, 0.717) is 11.7 Å². The minimum absolute atomic E-state index is 0.319. The van der Waals surface area contributed by atoms with Gasteiger partial charge in [-0.1, -0.05) is 6.08 Å². The molecule has 7 N–H and O–H groups in total. The average molecular weight is 176 g/mol. The molecule has 2 amide bonds. The third kappa shape index (κ3) is 53.6. The van der Waals surface area contributed by atoms with Crippen molar-refractivity contribution in [2.24, 2.45) is 17.2 Å². The highest BCUT2D eigenvalue weighted by Crippen LogP contribution is 1.58. The number of carbonyl (C=O) groups is 1. The van der Waals surface area contributed by atoms with Gasteiger partial charge in [-0.05, 0) is 12.2 Å². The molecule has 11 heavy (non-hydrogen) atoms. The van der Waals surface area contributed by atoms with Crippen LogP contribution in [0.3, 0.4) is 0 Å². The van der Waals surface area contributed by atoms with Gasteiger partial charge in [-0.3, -0.25) is 0 Å². The summed E-state index contributed by atoms with van der Waals surface area (Å²) in [6.45, 7) is 4.10. The highest BCUT2D eigenvalue weighted by Gasteiger charge is 1.76. The molecule has 0 saturated heterocycles. The highest BCUT2D eigenvalue weighted by molar-refractivity contribution is 7.80. The Morgan fingerprint density at radius 3 is 2.00 bits per heavy atom. The van der Waals surface area contributed by atoms with E-state index in [2.05, 4.69) is 35.6 Å². The van der Waals surface area contributed by atoms with Crippen LogP contribution in [0.15, 0.2) is 12.7 Å². The molecular formula is C5H12N4OS. The molecule has 6 heteroatoms. The van der Waals surface area contributed by atoms with Crippen molar-refractivity contribution in [3.05, 3.63) is 12.7 Å². The molecule has 5 nitrogen and oxygen atoms in total. The number of thiocarbonyl (C=S) groups is 1. The predicted molar refractivity (Wildman–Crippen MR) is 48.8 cm³/mol. The normalized spacial score (nSPS) is 6.91. The molecule has 0 aliphatic rings. The van der Waals surface area contributed by atoms with E-state index >= 15 is 0 Å². The van der Waals surface area contributed by atoms with Gasteiger partial charge >= 0.3 is 6.03 Å². The first-order valence-corrected chi connectivity index (χ1v) is 3.10. The topological polar surface area (TPSA) is 107 Å². The van der Waals surface area contributed by atoms with Crippen LogP contribution in [0, 0.1) is 0 Å². The van der Waals surface area contributed by atoms with Crippen molar-refractivity contribution in [2.45, 2.75) is 0 Å². The Morgan fingerprint density at radius 1 is 1.55 bits per heavy atom. The van der Waals surface area contributed by atoms with Crippen LogP contribution in [0.1, 0.15) is 0 Å². The Morgan fingerprint density at radius 2 is 1.91 bits per heavy atom. The van der Waals surface area contributed by atoms with Crippen LogP contribution >= 0.6 is 12.2 Å². The van der Waals surface area contributed by atoms with E-state index in [1.54, 1.807) is 6.08 Å². The zero-order valence-corrected chi connectivity index (χ0v) is 6.86. The quantitative estimate of drug-likeness (QED) is 0.320. The molecule has 0 radical (unpaired) electrons. The fraction of sp³-hybridized carbons (Fsp3) is 0.200. The SMILES string of the molecule is C=CCNC(N)=S.NC(N)=O. The Balaban J connectivity index is 0. The lowest BCUT2D eigenvalue weighted by atomic mass is 10.6. The molecule has 0 spiro atoms. The van der Waals surface area contributed by atoms with E-state index < -0.39 is 6.03 Å². The minimum atomic E-state index is -0.833. The second-order valence-corrected chi connectivity index (χ2v) is 1.88. The van der Waals surface area contributed by atoms with Crippen molar-refractivity contribution in [2.75, 3.05) is 6.54 Å². The molecule has 0 heterocycles. The number of hydrogen-bond donors (Lipinski definition) is 4. The molecular weight excluding hydrogens is 164 g/mol. The Labute approximate surface area is 70.6 Å². The van der Waals surface area contributed by atoms with Gasteiger partial charge in [0, 0.05) is 6.54 Å². The Kier molecular flexibility index (Phi) is 9.79. The summed E-state index contributed by atoms with van der Waals surface area (Å²) >= 11 is 4.48. The first kappa shape index (κ1) is 12.4. The first-order valence-electron chi connectivity index (χ1n) is 2.69. The maximum Gasteiger partial charge on any atom is 0.309 e. The molecule has 0 aliphatic heterocycles. The Bertz CT molecular complexity index is 143. The van der Waals surface area contributed by atoms with Gasteiger partial charge in [-0.25, -0.2) is 4.79 Å². The maximum absolute atomic E-state index is 9.00. The molecule has 0 fully saturated rings. The number of amides is 2. The van der Waals surface area contributed by atoms with Crippen LogP contribution in [0.5, 0.6) is 0 Å². The summed E-state index contributed by atoms with van der Waals surface area (Å²) < 4.78 is 0. The third-order valence-corrected chi connectivity index (χ3v) is 0.565. The summed E-state index contributed by atoms with van der Waals surface area (Å²) in [6.07, 6.45) is 1.69. The fourth-order valence-corrected chi connectivity index (χ4v) is 0.256. The lowest BCUT2D eigenvalue weighted by molar-refractivity contribution is 0.256. The molecule has 0 aromatic carbocycles. The van der Waals surface area contributed by atoms with Crippen LogP contribution in [0.2, 0.25) is 0 Å². The van der Waals surface area contributed by atoms with Crippen LogP contribution < -0.4 is 22.5 Å². The largest absolute Gasteiger partial charge is 0.376 e. The lowest BCUT2D eigenvalue weighted by Gasteiger charge is -1.94. The lowest BCUT2D eigenvalue weighted by Crippen LogP contribution is -2.28. The number of carbonyl (C=O) groups excluding carboxylic acids is 1. The van der Waals surface area contributed by atoms with Gasteiger partial charge in [0.1, 0.15) is 0 Å². The molecule has 0 aromatic heterocycles. The second-order valence-electron chi connectivity index (χ2n) is 1.44. The maximum atomic E-state index is 9.00. The van der Waals surface area contributed by atoms with Gasteiger partial charge in [0.05, 0.1) is 0 Å². The van der Waals surface area contributed by atoms with Crippen LogP contribution in [0.4, 0.5) is 4.79 Å². The average Bonchev–Trinajstić information content (AvgIpc) is 1.82. The molecule has 0 unspecified atom stereocenters. The summed E-state index contributed by atoms with van der Waals surface area (Å²) in [5.74, 6) is 0. The van der Waals surface area contributed by atoms with Gasteiger partial charge in [-0.15, -0.1) is 6.58 Å². The van der Waals surface area contributed by atoms with Crippen LogP contribution in [-0.4, -0.2) is 17.7 Å². The fourth-order valence-electron chi connectivity index (χ4n) is 0.173. The second kappa shape index (κ2) is 8.70. The molecule has 0 rings (SSSR count). The summed E-state index contributed by atoms with van der Waals surface area (Å²) in [5.41, 5.74) is 13.6.